The van der Waals surface area contributed by atoms with Crippen LogP contribution in [-0.2, 0) is 11.2 Å². The Balaban J connectivity index is 2.51. The third-order valence-corrected chi connectivity index (χ3v) is 3.39. The number of nitrogens with zero attached hydrogens (tertiary/aromatic N) is 1. The largest absolute Gasteiger partial charge is 0.370 e. The van der Waals surface area contributed by atoms with E-state index in [0.717, 1.165) is 11.1 Å². The lowest BCUT2D eigenvalue weighted by atomic mass is 9.94. The number of aryl methyl sites for hydroxylation is 1. The second kappa shape index (κ2) is 6.58. The molecule has 2 rings (SSSR count). The van der Waals surface area contributed by atoms with Gasteiger partial charge in [-0.3, -0.25) is 4.79 Å². The van der Waals surface area contributed by atoms with Crippen molar-refractivity contribution in [3.63, 3.8) is 0 Å². The fourth-order valence-corrected chi connectivity index (χ4v) is 2.36. The molecule has 0 aliphatic heterocycles. The summed E-state index contributed by atoms with van der Waals surface area (Å²) < 4.78 is 13.6. The zero-order chi connectivity index (χ0) is 16.3. The van der Waals surface area contributed by atoms with Crippen molar-refractivity contribution >= 4 is 23.5 Å². The van der Waals surface area contributed by atoms with E-state index in [1.807, 2.05) is 13.0 Å². The molecule has 0 heterocycles. The van der Waals surface area contributed by atoms with Crippen LogP contribution in [0.5, 0.6) is 0 Å². The standard InChI is InChI=1S/C16H15ClFN3O/c1-9-2-4-11(17)7-13(9)14-8-12(18)5-3-10(14)6-15(22)21-16(19)20/h2-5,7-8H,6H2,1H3,(H4,19,20,21,22). The molecule has 0 bridgehead atoms. The number of rotatable bonds is 3. The van der Waals surface area contributed by atoms with E-state index in [1.165, 1.54) is 12.1 Å². The van der Waals surface area contributed by atoms with Crippen molar-refractivity contribution in [1.29, 1.82) is 0 Å². The average molecular weight is 320 g/mol. The van der Waals surface area contributed by atoms with Gasteiger partial charge in [-0.25, -0.2) is 4.39 Å². The molecule has 4 nitrogen and oxygen atoms in total. The molecule has 0 saturated carbocycles. The number of hydrogen-bond acceptors (Lipinski definition) is 1. The number of halogens is 2. The quantitative estimate of drug-likeness (QED) is 0.674. The van der Waals surface area contributed by atoms with Gasteiger partial charge in [0.2, 0.25) is 0 Å². The zero-order valence-corrected chi connectivity index (χ0v) is 12.7. The maximum absolute atomic E-state index is 13.6. The minimum atomic E-state index is -0.493. The summed E-state index contributed by atoms with van der Waals surface area (Å²) >= 11 is 6.02. The van der Waals surface area contributed by atoms with Crippen LogP contribution >= 0.6 is 11.6 Å². The maximum atomic E-state index is 13.6. The number of carbonyl (C=O) groups is 1. The Labute approximate surface area is 132 Å². The lowest BCUT2D eigenvalue weighted by Crippen LogP contribution is -2.24. The summed E-state index contributed by atoms with van der Waals surface area (Å²) in [4.78, 5) is 15.3. The SMILES string of the molecule is Cc1ccc(Cl)cc1-c1cc(F)ccc1CC(=O)N=C(N)N. The second-order valence-electron chi connectivity index (χ2n) is 4.87. The normalized spacial score (nSPS) is 10.3. The monoisotopic (exact) mass is 319 g/mol. The highest BCUT2D eigenvalue weighted by molar-refractivity contribution is 6.30. The van der Waals surface area contributed by atoms with E-state index >= 15 is 0 Å². The molecule has 4 N–H and O–H groups in total. The Bertz CT molecular complexity index is 755. The Hall–Kier alpha value is -2.40. The highest BCUT2D eigenvalue weighted by atomic mass is 35.5. The molecule has 0 saturated heterocycles. The van der Waals surface area contributed by atoms with Gasteiger partial charge in [0.1, 0.15) is 5.82 Å². The van der Waals surface area contributed by atoms with Gasteiger partial charge < -0.3 is 11.5 Å². The summed E-state index contributed by atoms with van der Waals surface area (Å²) in [7, 11) is 0. The van der Waals surface area contributed by atoms with Crippen LogP contribution in [0.3, 0.4) is 0 Å². The van der Waals surface area contributed by atoms with Crippen LogP contribution in [-0.4, -0.2) is 11.9 Å². The zero-order valence-electron chi connectivity index (χ0n) is 11.9. The number of aliphatic imine (C=N–C) groups is 1. The minimum Gasteiger partial charge on any atom is -0.370 e. The number of carbonyl (C=O) groups excluding carboxylic acids is 1. The maximum Gasteiger partial charge on any atom is 0.253 e. The van der Waals surface area contributed by atoms with Crippen LogP contribution in [0.2, 0.25) is 5.02 Å². The molecule has 0 spiro atoms. The molecule has 6 heteroatoms. The first kappa shape index (κ1) is 16.0. The third kappa shape index (κ3) is 3.83. The highest BCUT2D eigenvalue weighted by Crippen LogP contribution is 2.30. The molecule has 0 unspecified atom stereocenters. The van der Waals surface area contributed by atoms with E-state index < -0.39 is 11.7 Å². The topological polar surface area (TPSA) is 81.5 Å². The van der Waals surface area contributed by atoms with E-state index in [0.29, 0.717) is 16.1 Å². The number of guanidine groups is 1. The summed E-state index contributed by atoms with van der Waals surface area (Å²) in [6.45, 7) is 1.89. The van der Waals surface area contributed by atoms with Crippen molar-refractivity contribution in [3.8, 4) is 11.1 Å². The van der Waals surface area contributed by atoms with Crippen molar-refractivity contribution < 1.29 is 9.18 Å². The van der Waals surface area contributed by atoms with Crippen molar-refractivity contribution in [2.24, 2.45) is 16.5 Å². The number of nitrogens with two attached hydrogens (primary N) is 2. The molecular formula is C16H15ClFN3O. The van der Waals surface area contributed by atoms with Gasteiger partial charge in [0.15, 0.2) is 5.96 Å². The van der Waals surface area contributed by atoms with Gasteiger partial charge >= 0.3 is 0 Å². The molecular weight excluding hydrogens is 305 g/mol. The van der Waals surface area contributed by atoms with Crippen molar-refractivity contribution in [1.82, 2.24) is 0 Å². The van der Waals surface area contributed by atoms with Gasteiger partial charge in [0.05, 0.1) is 6.42 Å². The molecule has 0 atom stereocenters. The van der Waals surface area contributed by atoms with E-state index in [-0.39, 0.29) is 12.4 Å². The molecule has 0 radical (unpaired) electrons. The second-order valence-corrected chi connectivity index (χ2v) is 5.30. The predicted octanol–water partition coefficient (Wildman–Crippen LogP) is 2.80. The third-order valence-electron chi connectivity index (χ3n) is 3.16. The van der Waals surface area contributed by atoms with E-state index in [9.17, 15) is 9.18 Å². The molecule has 2 aromatic rings. The van der Waals surface area contributed by atoms with Crippen LogP contribution in [0.15, 0.2) is 41.4 Å². The molecule has 1 amide bonds. The van der Waals surface area contributed by atoms with Crippen molar-refractivity contribution in [3.05, 3.63) is 58.4 Å². The van der Waals surface area contributed by atoms with E-state index in [4.69, 9.17) is 23.1 Å². The fraction of sp³-hybridized carbons (Fsp3) is 0.125. The van der Waals surface area contributed by atoms with Gasteiger partial charge in [0.25, 0.3) is 5.91 Å². The smallest absolute Gasteiger partial charge is 0.253 e. The molecule has 0 aliphatic rings. The van der Waals surface area contributed by atoms with Crippen LogP contribution < -0.4 is 11.5 Å². The van der Waals surface area contributed by atoms with Gasteiger partial charge in [-0.05, 0) is 53.4 Å². The summed E-state index contributed by atoms with van der Waals surface area (Å²) in [5.74, 6) is -1.19. The summed E-state index contributed by atoms with van der Waals surface area (Å²) in [5, 5.41) is 0.534. The van der Waals surface area contributed by atoms with Gasteiger partial charge in [0, 0.05) is 5.02 Å². The first-order valence-electron chi connectivity index (χ1n) is 6.54. The Morgan fingerprint density at radius 2 is 1.91 bits per heavy atom. The molecule has 114 valence electrons. The fourth-order valence-electron chi connectivity index (χ4n) is 2.18. The molecule has 0 aliphatic carbocycles. The number of amides is 1. The first-order valence-corrected chi connectivity index (χ1v) is 6.92. The summed E-state index contributed by atoms with van der Waals surface area (Å²) in [5.41, 5.74) is 13.3. The Morgan fingerprint density at radius 1 is 1.18 bits per heavy atom. The van der Waals surface area contributed by atoms with Crippen molar-refractivity contribution in [2.75, 3.05) is 0 Å². The summed E-state index contributed by atoms with van der Waals surface area (Å²) in [6, 6.07) is 9.54. The lowest BCUT2D eigenvalue weighted by molar-refractivity contribution is -0.117. The van der Waals surface area contributed by atoms with Crippen LogP contribution in [0.25, 0.3) is 11.1 Å². The van der Waals surface area contributed by atoms with E-state index in [2.05, 4.69) is 4.99 Å². The van der Waals surface area contributed by atoms with Crippen molar-refractivity contribution in [2.45, 2.75) is 13.3 Å². The Kier molecular flexibility index (Phi) is 4.78. The highest BCUT2D eigenvalue weighted by Gasteiger charge is 2.13. The van der Waals surface area contributed by atoms with E-state index in [1.54, 1.807) is 18.2 Å². The minimum absolute atomic E-state index is 0.0283. The van der Waals surface area contributed by atoms with Crippen LogP contribution in [0, 0.1) is 12.7 Å². The molecule has 22 heavy (non-hydrogen) atoms. The molecule has 0 aromatic heterocycles. The molecule has 2 aromatic carbocycles. The number of hydrogen-bond donors (Lipinski definition) is 2. The lowest BCUT2D eigenvalue weighted by Gasteiger charge is -2.12. The van der Waals surface area contributed by atoms with Gasteiger partial charge in [-0.15, -0.1) is 0 Å². The number of benzene rings is 2. The first-order chi connectivity index (χ1) is 10.4. The average Bonchev–Trinajstić information content (AvgIpc) is 2.42. The van der Waals surface area contributed by atoms with Crippen LogP contribution in [0.1, 0.15) is 11.1 Å². The van der Waals surface area contributed by atoms with Gasteiger partial charge in [-0.1, -0.05) is 23.7 Å². The molecule has 0 fully saturated rings. The van der Waals surface area contributed by atoms with Crippen LogP contribution in [0.4, 0.5) is 4.39 Å². The van der Waals surface area contributed by atoms with Gasteiger partial charge in [-0.2, -0.15) is 4.99 Å². The Morgan fingerprint density at radius 3 is 2.59 bits per heavy atom. The predicted molar refractivity (Wildman–Crippen MR) is 86.1 cm³/mol. The summed E-state index contributed by atoms with van der Waals surface area (Å²) in [6.07, 6.45) is -0.0283.